The Morgan fingerprint density at radius 1 is 1.17 bits per heavy atom. The minimum absolute atomic E-state index is 0.147. The van der Waals surface area contributed by atoms with Gasteiger partial charge in [0, 0.05) is 10.9 Å². The van der Waals surface area contributed by atoms with Crippen LogP contribution in [0.3, 0.4) is 0 Å². The second-order valence-electron chi connectivity index (χ2n) is 3.79. The second kappa shape index (κ2) is 5.77. The van der Waals surface area contributed by atoms with E-state index in [0.717, 1.165) is 16.5 Å². The number of aliphatic carboxylic acids is 1. The van der Waals surface area contributed by atoms with Crippen molar-refractivity contribution in [1.82, 2.24) is 10.2 Å². The third-order valence-electron chi connectivity index (χ3n) is 2.35. The Morgan fingerprint density at radius 2 is 1.83 bits per heavy atom. The van der Waals surface area contributed by atoms with E-state index in [1.807, 2.05) is 24.3 Å². The smallest absolute Gasteiger partial charge is 0.312 e. The fourth-order valence-electron chi connectivity index (χ4n) is 1.49. The highest BCUT2D eigenvalue weighted by atomic mass is 79.9. The van der Waals surface area contributed by atoms with E-state index < -0.39 is 5.97 Å². The Balaban J connectivity index is 1.92. The fourth-order valence-corrected chi connectivity index (χ4v) is 1.76. The van der Waals surface area contributed by atoms with Gasteiger partial charge >= 0.3 is 5.97 Å². The lowest BCUT2D eigenvalue weighted by Gasteiger charge is -1.98. The van der Waals surface area contributed by atoms with Crippen LogP contribution in [0.1, 0.15) is 17.3 Å². The predicted molar refractivity (Wildman–Crippen MR) is 67.2 cm³/mol. The summed E-state index contributed by atoms with van der Waals surface area (Å²) in [5, 5.41) is 16.1. The molecule has 1 heterocycles. The lowest BCUT2D eigenvalue weighted by Crippen LogP contribution is -1.99. The molecule has 18 heavy (non-hydrogen) atoms. The molecule has 2 rings (SSSR count). The molecule has 0 aliphatic heterocycles. The van der Waals surface area contributed by atoms with Crippen LogP contribution < -0.4 is 0 Å². The molecule has 0 bridgehead atoms. The second-order valence-corrected chi connectivity index (χ2v) is 4.70. The topological polar surface area (TPSA) is 76.2 Å². The predicted octanol–water partition coefficient (Wildman–Crippen LogP) is 2.24. The SMILES string of the molecule is O=C(O)Cc1nnc(CCc2ccc(Br)cc2)o1. The molecule has 0 spiro atoms. The zero-order chi connectivity index (χ0) is 13.0. The molecule has 2 aromatic rings. The van der Waals surface area contributed by atoms with E-state index in [2.05, 4.69) is 26.1 Å². The van der Waals surface area contributed by atoms with Crippen LogP contribution in [-0.4, -0.2) is 21.3 Å². The van der Waals surface area contributed by atoms with E-state index >= 15 is 0 Å². The Labute approximate surface area is 112 Å². The van der Waals surface area contributed by atoms with Gasteiger partial charge in [0.05, 0.1) is 0 Å². The first kappa shape index (κ1) is 12.8. The number of nitrogens with zero attached hydrogens (tertiary/aromatic N) is 2. The van der Waals surface area contributed by atoms with E-state index in [9.17, 15) is 4.79 Å². The molecule has 0 saturated heterocycles. The summed E-state index contributed by atoms with van der Waals surface area (Å²) in [5.74, 6) is -0.361. The molecule has 0 fully saturated rings. The van der Waals surface area contributed by atoms with Gasteiger partial charge in [-0.25, -0.2) is 0 Å². The van der Waals surface area contributed by atoms with E-state index in [1.165, 1.54) is 0 Å². The van der Waals surface area contributed by atoms with E-state index in [0.29, 0.717) is 12.3 Å². The Morgan fingerprint density at radius 3 is 2.50 bits per heavy atom. The zero-order valence-corrected chi connectivity index (χ0v) is 11.1. The first-order valence-corrected chi connectivity index (χ1v) is 6.20. The van der Waals surface area contributed by atoms with Crippen LogP contribution in [0.25, 0.3) is 0 Å². The number of halogens is 1. The molecular formula is C12H11BrN2O3. The number of hydrogen-bond acceptors (Lipinski definition) is 4. The first-order valence-electron chi connectivity index (χ1n) is 5.41. The van der Waals surface area contributed by atoms with Crippen molar-refractivity contribution in [2.45, 2.75) is 19.3 Å². The number of carboxylic acid groups (broad SMARTS) is 1. The Bertz CT molecular complexity index is 537. The van der Waals surface area contributed by atoms with Gasteiger partial charge in [-0.15, -0.1) is 10.2 Å². The van der Waals surface area contributed by atoms with Gasteiger partial charge in [-0.1, -0.05) is 28.1 Å². The highest BCUT2D eigenvalue weighted by molar-refractivity contribution is 9.10. The summed E-state index contributed by atoms with van der Waals surface area (Å²) in [7, 11) is 0. The average molecular weight is 311 g/mol. The summed E-state index contributed by atoms with van der Waals surface area (Å²) in [6.45, 7) is 0. The number of rotatable bonds is 5. The van der Waals surface area contributed by atoms with Crippen molar-refractivity contribution in [3.8, 4) is 0 Å². The fraction of sp³-hybridized carbons (Fsp3) is 0.250. The Kier molecular flexibility index (Phi) is 4.09. The van der Waals surface area contributed by atoms with E-state index in [-0.39, 0.29) is 12.3 Å². The standard InChI is InChI=1S/C12H11BrN2O3/c13-9-4-1-8(2-5-9)3-6-10-14-15-11(18-10)7-12(16)17/h1-2,4-5H,3,6-7H2,(H,16,17). The van der Waals surface area contributed by atoms with Crippen LogP contribution in [-0.2, 0) is 24.1 Å². The monoisotopic (exact) mass is 310 g/mol. The van der Waals surface area contributed by atoms with Crippen molar-refractivity contribution in [2.75, 3.05) is 0 Å². The largest absolute Gasteiger partial charge is 0.481 e. The van der Waals surface area contributed by atoms with E-state index in [1.54, 1.807) is 0 Å². The van der Waals surface area contributed by atoms with Crippen molar-refractivity contribution in [2.24, 2.45) is 0 Å². The Hall–Kier alpha value is -1.69. The summed E-state index contributed by atoms with van der Waals surface area (Å²) in [6, 6.07) is 7.97. The number of benzene rings is 1. The number of hydrogen-bond donors (Lipinski definition) is 1. The maximum atomic E-state index is 10.5. The van der Waals surface area contributed by atoms with Crippen LogP contribution in [0.4, 0.5) is 0 Å². The summed E-state index contributed by atoms with van der Waals surface area (Å²) < 4.78 is 6.26. The lowest BCUT2D eigenvalue weighted by atomic mass is 10.1. The summed E-state index contributed by atoms with van der Waals surface area (Å²) in [4.78, 5) is 10.5. The molecule has 6 heteroatoms. The quantitative estimate of drug-likeness (QED) is 0.916. The van der Waals surface area contributed by atoms with Gasteiger partial charge in [-0.2, -0.15) is 0 Å². The van der Waals surface area contributed by atoms with Crippen molar-refractivity contribution in [3.05, 3.63) is 46.1 Å². The lowest BCUT2D eigenvalue weighted by molar-refractivity contribution is -0.136. The number of carbonyl (C=O) groups is 1. The van der Waals surface area contributed by atoms with Crippen molar-refractivity contribution < 1.29 is 14.3 Å². The zero-order valence-electron chi connectivity index (χ0n) is 9.47. The molecule has 0 saturated carbocycles. The molecule has 0 atom stereocenters. The van der Waals surface area contributed by atoms with Crippen molar-refractivity contribution in [3.63, 3.8) is 0 Å². The first-order chi connectivity index (χ1) is 8.63. The van der Waals surface area contributed by atoms with Gasteiger partial charge < -0.3 is 9.52 Å². The van der Waals surface area contributed by atoms with Crippen LogP contribution in [0.15, 0.2) is 33.2 Å². The van der Waals surface area contributed by atoms with Gasteiger partial charge in [0.1, 0.15) is 6.42 Å². The van der Waals surface area contributed by atoms with Gasteiger partial charge in [0.25, 0.3) is 0 Å². The van der Waals surface area contributed by atoms with Crippen molar-refractivity contribution >= 4 is 21.9 Å². The molecule has 0 unspecified atom stereocenters. The molecule has 1 N–H and O–H groups in total. The van der Waals surface area contributed by atoms with Gasteiger partial charge in [0.2, 0.25) is 11.8 Å². The molecule has 94 valence electrons. The number of aryl methyl sites for hydroxylation is 2. The molecule has 1 aromatic heterocycles. The molecule has 5 nitrogen and oxygen atoms in total. The third-order valence-corrected chi connectivity index (χ3v) is 2.88. The van der Waals surface area contributed by atoms with Crippen LogP contribution in [0.2, 0.25) is 0 Å². The normalized spacial score (nSPS) is 10.5. The maximum Gasteiger partial charge on any atom is 0.312 e. The number of aromatic nitrogens is 2. The molecule has 0 radical (unpaired) electrons. The van der Waals surface area contributed by atoms with Crippen LogP contribution in [0, 0.1) is 0 Å². The van der Waals surface area contributed by atoms with Crippen LogP contribution >= 0.6 is 15.9 Å². The molecule has 1 aromatic carbocycles. The third kappa shape index (κ3) is 3.66. The minimum atomic E-state index is -0.974. The minimum Gasteiger partial charge on any atom is -0.481 e. The summed E-state index contributed by atoms with van der Waals surface area (Å²) in [5.41, 5.74) is 1.16. The maximum absolute atomic E-state index is 10.5. The molecular weight excluding hydrogens is 300 g/mol. The van der Waals surface area contributed by atoms with Crippen LogP contribution in [0.5, 0.6) is 0 Å². The highest BCUT2D eigenvalue weighted by Crippen LogP contribution is 2.12. The van der Waals surface area contributed by atoms with E-state index in [4.69, 9.17) is 9.52 Å². The summed E-state index contributed by atoms with van der Waals surface area (Å²) >= 11 is 3.37. The average Bonchev–Trinajstić information content (AvgIpc) is 2.75. The summed E-state index contributed by atoms with van der Waals surface area (Å²) in [6.07, 6.45) is 1.15. The van der Waals surface area contributed by atoms with Gasteiger partial charge in [-0.3, -0.25) is 4.79 Å². The van der Waals surface area contributed by atoms with Gasteiger partial charge in [0.15, 0.2) is 0 Å². The molecule has 0 aliphatic carbocycles. The van der Waals surface area contributed by atoms with Gasteiger partial charge in [-0.05, 0) is 24.1 Å². The highest BCUT2D eigenvalue weighted by Gasteiger charge is 2.09. The molecule has 0 aliphatic rings. The number of carboxylic acids is 1. The molecule has 0 amide bonds. The van der Waals surface area contributed by atoms with Crippen molar-refractivity contribution in [1.29, 1.82) is 0 Å².